The molecule has 1 aromatic heterocycles. The molecule has 0 spiro atoms. The van der Waals surface area contributed by atoms with Gasteiger partial charge in [0.05, 0.1) is 24.3 Å². The Hall–Kier alpha value is -3.33. The number of halogens is 4. The Labute approximate surface area is 168 Å². The molecule has 0 radical (unpaired) electrons. The van der Waals surface area contributed by atoms with E-state index in [1.54, 1.807) is 6.07 Å². The van der Waals surface area contributed by atoms with E-state index in [2.05, 4.69) is 15.7 Å². The number of aromatic nitrogens is 2. The summed E-state index contributed by atoms with van der Waals surface area (Å²) in [5.74, 6) is -3.44. The number of carbonyl (C=O) groups is 2. The molecule has 3 aromatic rings. The first kappa shape index (κ1) is 20.4. The lowest BCUT2D eigenvalue weighted by Crippen LogP contribution is -2.33. The molecule has 0 saturated carbocycles. The van der Waals surface area contributed by atoms with E-state index in [1.807, 2.05) is 0 Å². The van der Waals surface area contributed by atoms with Gasteiger partial charge in [0, 0.05) is 17.7 Å². The Kier molecular flexibility index (Phi) is 6.18. The standard InChI is InChI=1S/C19H14ClF3N4O2/c20-15-2-1-11(5-16(15)23)10-27-17(3-4-25-27)26-18(28)9-24-19(29)12-6-13(21)8-14(22)7-12/h1-8H,9-10H2,(H,24,29)(H,26,28). The summed E-state index contributed by atoms with van der Waals surface area (Å²) in [4.78, 5) is 24.0. The summed E-state index contributed by atoms with van der Waals surface area (Å²) in [6, 6.07) is 8.17. The Morgan fingerprint density at radius 2 is 1.76 bits per heavy atom. The van der Waals surface area contributed by atoms with E-state index in [4.69, 9.17) is 11.6 Å². The van der Waals surface area contributed by atoms with E-state index in [0.717, 1.165) is 12.1 Å². The van der Waals surface area contributed by atoms with Crippen LogP contribution in [0.5, 0.6) is 0 Å². The molecule has 29 heavy (non-hydrogen) atoms. The maximum atomic E-state index is 13.6. The second-order valence-corrected chi connectivity index (χ2v) is 6.42. The lowest BCUT2D eigenvalue weighted by atomic mass is 10.2. The van der Waals surface area contributed by atoms with E-state index < -0.39 is 35.8 Å². The minimum atomic E-state index is -0.901. The summed E-state index contributed by atoms with van der Waals surface area (Å²) in [6.07, 6.45) is 1.44. The highest BCUT2D eigenvalue weighted by Gasteiger charge is 2.13. The normalized spacial score (nSPS) is 10.6. The number of carbonyl (C=O) groups excluding carboxylic acids is 2. The molecule has 3 rings (SSSR count). The van der Waals surface area contributed by atoms with Crippen LogP contribution in [0.25, 0.3) is 0 Å². The molecule has 2 N–H and O–H groups in total. The molecule has 0 aliphatic rings. The highest BCUT2D eigenvalue weighted by atomic mass is 35.5. The zero-order valence-corrected chi connectivity index (χ0v) is 15.5. The molecule has 0 bridgehead atoms. The number of nitrogens with zero attached hydrogens (tertiary/aromatic N) is 2. The van der Waals surface area contributed by atoms with Crippen LogP contribution in [0.2, 0.25) is 5.02 Å². The number of rotatable bonds is 6. The topological polar surface area (TPSA) is 76.0 Å². The molecule has 2 amide bonds. The molecule has 0 fully saturated rings. The molecule has 10 heteroatoms. The largest absolute Gasteiger partial charge is 0.343 e. The van der Waals surface area contributed by atoms with E-state index in [0.29, 0.717) is 17.4 Å². The van der Waals surface area contributed by atoms with Crippen LogP contribution in [0, 0.1) is 17.5 Å². The van der Waals surface area contributed by atoms with Crippen molar-refractivity contribution in [2.45, 2.75) is 6.54 Å². The first-order valence-electron chi connectivity index (χ1n) is 8.31. The predicted octanol–water partition coefficient (Wildman–Crippen LogP) is 3.37. The van der Waals surface area contributed by atoms with Crippen molar-refractivity contribution in [2.75, 3.05) is 11.9 Å². The van der Waals surface area contributed by atoms with Gasteiger partial charge >= 0.3 is 0 Å². The fourth-order valence-corrected chi connectivity index (χ4v) is 2.63. The van der Waals surface area contributed by atoms with Gasteiger partial charge in [0.25, 0.3) is 5.91 Å². The highest BCUT2D eigenvalue weighted by Crippen LogP contribution is 2.17. The average molecular weight is 423 g/mol. The monoisotopic (exact) mass is 422 g/mol. The van der Waals surface area contributed by atoms with Gasteiger partial charge in [0.1, 0.15) is 23.3 Å². The minimum absolute atomic E-state index is 0.00309. The summed E-state index contributed by atoms with van der Waals surface area (Å²) in [5.41, 5.74) is 0.331. The van der Waals surface area contributed by atoms with Crippen LogP contribution in [0.3, 0.4) is 0 Å². The van der Waals surface area contributed by atoms with Gasteiger partial charge < -0.3 is 10.6 Å². The van der Waals surface area contributed by atoms with Crippen molar-refractivity contribution in [2.24, 2.45) is 0 Å². The van der Waals surface area contributed by atoms with E-state index in [1.165, 1.54) is 29.1 Å². The van der Waals surface area contributed by atoms with Crippen LogP contribution < -0.4 is 10.6 Å². The van der Waals surface area contributed by atoms with Crippen LogP contribution in [0.15, 0.2) is 48.7 Å². The molecular formula is C19H14ClF3N4O2. The zero-order valence-electron chi connectivity index (χ0n) is 14.8. The first-order chi connectivity index (χ1) is 13.8. The van der Waals surface area contributed by atoms with Crippen molar-refractivity contribution in [1.29, 1.82) is 0 Å². The van der Waals surface area contributed by atoms with Crippen molar-refractivity contribution in [3.05, 3.63) is 82.3 Å². The molecule has 0 atom stereocenters. The number of hydrogen-bond donors (Lipinski definition) is 2. The third-order valence-corrected chi connectivity index (χ3v) is 4.14. The third kappa shape index (κ3) is 5.35. The third-order valence-electron chi connectivity index (χ3n) is 3.83. The maximum absolute atomic E-state index is 13.6. The molecule has 0 aliphatic heterocycles. The van der Waals surface area contributed by atoms with Gasteiger partial charge in [-0.3, -0.25) is 9.59 Å². The van der Waals surface area contributed by atoms with Crippen molar-refractivity contribution in [1.82, 2.24) is 15.1 Å². The van der Waals surface area contributed by atoms with Crippen LogP contribution in [0.4, 0.5) is 19.0 Å². The van der Waals surface area contributed by atoms with E-state index in [9.17, 15) is 22.8 Å². The second kappa shape index (κ2) is 8.78. The molecule has 0 aliphatic carbocycles. The Bertz CT molecular complexity index is 1050. The van der Waals surface area contributed by atoms with Crippen LogP contribution in [-0.2, 0) is 11.3 Å². The molecule has 150 valence electrons. The van der Waals surface area contributed by atoms with Crippen molar-refractivity contribution >= 4 is 29.2 Å². The number of nitrogens with one attached hydrogen (secondary N) is 2. The van der Waals surface area contributed by atoms with E-state index in [-0.39, 0.29) is 17.1 Å². The Morgan fingerprint density at radius 3 is 2.45 bits per heavy atom. The van der Waals surface area contributed by atoms with Gasteiger partial charge in [-0.05, 0) is 29.8 Å². The van der Waals surface area contributed by atoms with Crippen molar-refractivity contribution in [3.63, 3.8) is 0 Å². The minimum Gasteiger partial charge on any atom is -0.343 e. The average Bonchev–Trinajstić information content (AvgIpc) is 3.08. The quantitative estimate of drug-likeness (QED) is 0.639. The summed E-state index contributed by atoms with van der Waals surface area (Å²) in [6.45, 7) is -0.261. The van der Waals surface area contributed by atoms with Gasteiger partial charge in [0.15, 0.2) is 0 Å². The van der Waals surface area contributed by atoms with Crippen LogP contribution in [0.1, 0.15) is 15.9 Å². The van der Waals surface area contributed by atoms with Crippen LogP contribution >= 0.6 is 11.6 Å². The zero-order chi connectivity index (χ0) is 21.0. The number of benzene rings is 2. The predicted molar refractivity (Wildman–Crippen MR) is 100 cm³/mol. The first-order valence-corrected chi connectivity index (χ1v) is 8.69. The van der Waals surface area contributed by atoms with Gasteiger partial charge in [-0.1, -0.05) is 17.7 Å². The summed E-state index contributed by atoms with van der Waals surface area (Å²) < 4.78 is 41.3. The van der Waals surface area contributed by atoms with Gasteiger partial charge in [0.2, 0.25) is 5.91 Å². The smallest absolute Gasteiger partial charge is 0.251 e. The lowest BCUT2D eigenvalue weighted by molar-refractivity contribution is -0.115. The molecule has 2 aromatic carbocycles. The fourth-order valence-electron chi connectivity index (χ4n) is 2.51. The van der Waals surface area contributed by atoms with E-state index >= 15 is 0 Å². The SMILES string of the molecule is O=C(CNC(=O)c1cc(F)cc(F)c1)Nc1ccnn1Cc1ccc(Cl)c(F)c1. The Morgan fingerprint density at radius 1 is 1.03 bits per heavy atom. The summed E-state index contributed by atoms with van der Waals surface area (Å²) in [5, 5.41) is 8.87. The number of anilines is 1. The fraction of sp³-hybridized carbons (Fsp3) is 0.105. The summed E-state index contributed by atoms with van der Waals surface area (Å²) in [7, 11) is 0. The maximum Gasteiger partial charge on any atom is 0.251 e. The molecule has 1 heterocycles. The molecule has 0 saturated heterocycles. The number of amides is 2. The van der Waals surface area contributed by atoms with Crippen molar-refractivity contribution < 1.29 is 22.8 Å². The number of hydrogen-bond acceptors (Lipinski definition) is 3. The second-order valence-electron chi connectivity index (χ2n) is 6.01. The highest BCUT2D eigenvalue weighted by molar-refractivity contribution is 6.30. The molecule has 0 unspecified atom stereocenters. The van der Waals surface area contributed by atoms with Gasteiger partial charge in [-0.2, -0.15) is 5.10 Å². The molecular weight excluding hydrogens is 409 g/mol. The Balaban J connectivity index is 1.59. The van der Waals surface area contributed by atoms with Gasteiger partial charge in [-0.15, -0.1) is 0 Å². The van der Waals surface area contributed by atoms with Crippen LogP contribution in [-0.4, -0.2) is 28.1 Å². The molecule has 6 nitrogen and oxygen atoms in total. The van der Waals surface area contributed by atoms with Gasteiger partial charge in [-0.25, -0.2) is 17.9 Å². The summed E-state index contributed by atoms with van der Waals surface area (Å²) >= 11 is 5.65. The lowest BCUT2D eigenvalue weighted by Gasteiger charge is -2.10. The van der Waals surface area contributed by atoms with Crippen molar-refractivity contribution in [3.8, 4) is 0 Å².